The van der Waals surface area contributed by atoms with Gasteiger partial charge < -0.3 is 14.7 Å². The van der Waals surface area contributed by atoms with E-state index in [2.05, 4.69) is 245 Å². The molecule has 0 amide bonds. The second-order valence-electron chi connectivity index (χ2n) is 27.0. The van der Waals surface area contributed by atoms with Crippen molar-refractivity contribution in [2.75, 3.05) is 14.7 Å². The van der Waals surface area contributed by atoms with Gasteiger partial charge in [0.15, 0.2) is 0 Å². The molecular weight excluding hydrogens is 870 g/mol. The average molecular weight is 946 g/mol. The van der Waals surface area contributed by atoms with Gasteiger partial charge in [-0.2, -0.15) is 0 Å². The van der Waals surface area contributed by atoms with Gasteiger partial charge in [-0.15, -0.1) is 0 Å². The number of aryl methyl sites for hydroxylation is 1. The number of anilines is 8. The van der Waals surface area contributed by atoms with E-state index in [0.717, 1.165) is 12.8 Å². The lowest BCUT2D eigenvalue weighted by Crippen LogP contribution is -2.61. The van der Waals surface area contributed by atoms with Crippen LogP contribution >= 0.6 is 0 Å². The van der Waals surface area contributed by atoms with E-state index in [4.69, 9.17) is 0 Å². The van der Waals surface area contributed by atoms with Gasteiger partial charge in [-0.1, -0.05) is 169 Å². The van der Waals surface area contributed by atoms with Gasteiger partial charge in [-0.05, 0) is 183 Å². The van der Waals surface area contributed by atoms with E-state index in [0.29, 0.717) is 0 Å². The summed E-state index contributed by atoms with van der Waals surface area (Å²) < 4.78 is 0. The van der Waals surface area contributed by atoms with Crippen LogP contribution in [0.2, 0.25) is 0 Å². The predicted molar refractivity (Wildman–Crippen MR) is 311 cm³/mol. The van der Waals surface area contributed by atoms with Gasteiger partial charge in [0.05, 0.1) is 11.2 Å². The normalized spacial score (nSPS) is 20.7. The highest BCUT2D eigenvalue weighted by atomic mass is 15.3. The van der Waals surface area contributed by atoms with Crippen molar-refractivity contribution in [2.24, 2.45) is 5.41 Å². The maximum Gasteiger partial charge on any atom is 0.252 e. The minimum absolute atomic E-state index is 0.00693. The first-order valence-corrected chi connectivity index (χ1v) is 27.3. The molecule has 2 atom stereocenters. The molecule has 1 saturated carbocycles. The lowest BCUT2D eigenvalue weighted by atomic mass is 9.33. The van der Waals surface area contributed by atoms with Crippen molar-refractivity contribution in [1.29, 1.82) is 0 Å². The molecule has 366 valence electrons. The van der Waals surface area contributed by atoms with E-state index in [-0.39, 0.29) is 39.3 Å². The summed E-state index contributed by atoms with van der Waals surface area (Å²) in [6.07, 6.45) is 7.06. The SMILES string of the molecule is Cc1cc2c3c(c1)N(c1ccc(C(C)(C)C)cc1-c1ccccc1)c1cc4c(cc1B3c1ccc(N3c5ccc(C(C)(C)C)cc5C5(C)CCCCC35C)cc1N2c1ccc(C(C)(C)C)cc1)CC(C)(C)C4. The molecule has 3 heterocycles. The summed E-state index contributed by atoms with van der Waals surface area (Å²) >= 11 is 0. The van der Waals surface area contributed by atoms with Crippen LogP contribution in [0.1, 0.15) is 155 Å². The molecule has 2 unspecified atom stereocenters. The number of fused-ring (bicyclic) bond motifs is 8. The van der Waals surface area contributed by atoms with Crippen molar-refractivity contribution in [2.45, 2.75) is 163 Å². The predicted octanol–water partition coefficient (Wildman–Crippen LogP) is 16.5. The summed E-state index contributed by atoms with van der Waals surface area (Å²) in [6, 6.07) is 53.4. The molecule has 72 heavy (non-hydrogen) atoms. The smallest absolute Gasteiger partial charge is 0.252 e. The number of rotatable bonds is 4. The third-order valence-corrected chi connectivity index (χ3v) is 18.3. The molecule has 4 heteroatoms. The van der Waals surface area contributed by atoms with Gasteiger partial charge in [0.2, 0.25) is 0 Å². The van der Waals surface area contributed by atoms with Crippen molar-refractivity contribution in [3.8, 4) is 11.1 Å². The van der Waals surface area contributed by atoms with Crippen molar-refractivity contribution < 1.29 is 0 Å². The quantitative estimate of drug-likeness (QED) is 0.163. The zero-order valence-electron chi connectivity index (χ0n) is 45.9. The highest BCUT2D eigenvalue weighted by Crippen LogP contribution is 2.62. The molecule has 0 radical (unpaired) electrons. The molecule has 3 nitrogen and oxygen atoms in total. The van der Waals surface area contributed by atoms with Crippen LogP contribution < -0.4 is 31.1 Å². The minimum Gasteiger partial charge on any atom is -0.334 e. The van der Waals surface area contributed by atoms with Crippen LogP contribution in [0.25, 0.3) is 11.1 Å². The van der Waals surface area contributed by atoms with Crippen LogP contribution in [0.5, 0.6) is 0 Å². The Morgan fingerprint density at radius 1 is 0.472 bits per heavy atom. The zero-order chi connectivity index (χ0) is 50.7. The van der Waals surface area contributed by atoms with Gasteiger partial charge in [0.1, 0.15) is 0 Å². The second-order valence-corrected chi connectivity index (χ2v) is 27.0. The molecule has 0 spiro atoms. The Hall–Kier alpha value is -6.00. The fraction of sp³-hybridized carbons (Fsp3) is 0.382. The van der Waals surface area contributed by atoms with Crippen molar-refractivity contribution >= 4 is 68.6 Å². The molecular formula is C68H76BN3. The fourth-order valence-corrected chi connectivity index (χ4v) is 14.1. The van der Waals surface area contributed by atoms with Crippen molar-refractivity contribution in [1.82, 2.24) is 0 Å². The second kappa shape index (κ2) is 15.8. The standard InChI is InChI=1S/C68H76BN3/c1-43-34-60-62-61(35-43)71(56-30-24-48(64(5,6)7)38-52(56)44-20-16-15-17-21-44)58-37-46-42-66(11,12)41-45(46)36-55(58)69(62)54-29-28-51(40-59(54)70(60)50-26-22-47(23-27-50)63(2,3)4)72-57-31-25-49(65(8,9)10)39-53(57)67(13)32-18-19-33-68(67,72)14/h15-17,20-31,34-40H,18-19,32-33,41-42H2,1-14H3. The molecule has 7 aromatic carbocycles. The Balaban J connectivity index is 1.14. The maximum atomic E-state index is 2.80. The molecule has 5 aliphatic rings. The Morgan fingerprint density at radius 2 is 1.04 bits per heavy atom. The summed E-state index contributed by atoms with van der Waals surface area (Å²) in [5.41, 5.74) is 27.1. The van der Waals surface area contributed by atoms with Crippen LogP contribution in [0.3, 0.4) is 0 Å². The highest BCUT2D eigenvalue weighted by Gasteiger charge is 2.58. The molecule has 1 fully saturated rings. The van der Waals surface area contributed by atoms with E-state index in [9.17, 15) is 0 Å². The largest absolute Gasteiger partial charge is 0.334 e. The first kappa shape index (κ1) is 47.0. The third kappa shape index (κ3) is 7.11. The molecule has 2 aliphatic carbocycles. The molecule has 0 saturated heterocycles. The summed E-state index contributed by atoms with van der Waals surface area (Å²) in [5, 5.41) is 0. The number of benzene rings is 7. The maximum absolute atomic E-state index is 2.80. The molecule has 0 aromatic heterocycles. The van der Waals surface area contributed by atoms with Crippen LogP contribution in [0.4, 0.5) is 45.5 Å². The van der Waals surface area contributed by atoms with Gasteiger partial charge in [0, 0.05) is 50.8 Å². The summed E-state index contributed by atoms with van der Waals surface area (Å²) in [5.74, 6) is 0. The van der Waals surface area contributed by atoms with Crippen LogP contribution in [0.15, 0.2) is 133 Å². The zero-order valence-corrected chi connectivity index (χ0v) is 45.9. The number of nitrogens with zero attached hydrogens (tertiary/aromatic N) is 3. The average Bonchev–Trinajstić information content (AvgIpc) is 3.74. The summed E-state index contributed by atoms with van der Waals surface area (Å²) in [4.78, 5) is 8.12. The Kier molecular flexibility index (Phi) is 10.3. The summed E-state index contributed by atoms with van der Waals surface area (Å²) in [6.45, 7) is 33.5. The molecule has 12 rings (SSSR count). The topological polar surface area (TPSA) is 9.72 Å². The van der Waals surface area contributed by atoms with Crippen LogP contribution in [-0.4, -0.2) is 12.3 Å². The van der Waals surface area contributed by atoms with Gasteiger partial charge in [-0.3, -0.25) is 0 Å². The number of hydrogen-bond donors (Lipinski definition) is 0. The number of hydrogen-bond acceptors (Lipinski definition) is 3. The van der Waals surface area contributed by atoms with E-state index >= 15 is 0 Å². The van der Waals surface area contributed by atoms with E-state index in [1.165, 1.54) is 138 Å². The Labute approximate surface area is 432 Å². The molecule has 7 aromatic rings. The minimum atomic E-state index is -0.0713. The van der Waals surface area contributed by atoms with E-state index < -0.39 is 0 Å². The molecule has 0 N–H and O–H groups in total. The lowest BCUT2D eigenvalue weighted by Gasteiger charge is -2.50. The van der Waals surface area contributed by atoms with Crippen LogP contribution in [0, 0.1) is 12.3 Å². The lowest BCUT2D eigenvalue weighted by molar-refractivity contribution is 0.195. The Bertz CT molecular complexity index is 3340. The fourth-order valence-electron chi connectivity index (χ4n) is 14.1. The first-order valence-electron chi connectivity index (χ1n) is 27.3. The van der Waals surface area contributed by atoms with Gasteiger partial charge in [0.25, 0.3) is 6.71 Å². The van der Waals surface area contributed by atoms with Crippen molar-refractivity contribution in [3.05, 3.63) is 172 Å². The monoisotopic (exact) mass is 946 g/mol. The van der Waals surface area contributed by atoms with E-state index in [1.54, 1.807) is 0 Å². The van der Waals surface area contributed by atoms with Crippen LogP contribution in [-0.2, 0) is 34.5 Å². The van der Waals surface area contributed by atoms with Gasteiger partial charge in [-0.25, -0.2) is 0 Å². The molecule has 0 bridgehead atoms. The third-order valence-electron chi connectivity index (χ3n) is 18.3. The molecule has 3 aliphatic heterocycles. The van der Waals surface area contributed by atoms with Crippen molar-refractivity contribution in [3.63, 3.8) is 0 Å². The Morgan fingerprint density at radius 3 is 1.71 bits per heavy atom. The first-order chi connectivity index (χ1) is 33.9. The summed E-state index contributed by atoms with van der Waals surface area (Å²) in [7, 11) is 0. The van der Waals surface area contributed by atoms with Gasteiger partial charge >= 0.3 is 0 Å². The van der Waals surface area contributed by atoms with E-state index in [1.807, 2.05) is 0 Å². The highest BCUT2D eigenvalue weighted by molar-refractivity contribution is 7.00.